The summed E-state index contributed by atoms with van der Waals surface area (Å²) in [4.78, 5) is 9.54. The molecule has 27 heavy (non-hydrogen) atoms. The van der Waals surface area contributed by atoms with Crippen LogP contribution < -0.4 is 5.32 Å². The fourth-order valence-electron chi connectivity index (χ4n) is 3.80. The van der Waals surface area contributed by atoms with Crippen LogP contribution in [0.2, 0.25) is 0 Å². The van der Waals surface area contributed by atoms with Crippen molar-refractivity contribution < 1.29 is 5.11 Å². The molecule has 0 spiro atoms. The van der Waals surface area contributed by atoms with Crippen molar-refractivity contribution in [2.24, 2.45) is 0 Å². The summed E-state index contributed by atoms with van der Waals surface area (Å²) in [6.07, 6.45) is 0.180. The molecule has 0 unspecified atom stereocenters. The molecule has 0 aliphatic heterocycles. The molecule has 2 N–H and O–H groups in total. The van der Waals surface area contributed by atoms with Crippen LogP contribution in [0.5, 0.6) is 0 Å². The Morgan fingerprint density at radius 1 is 0.815 bits per heavy atom. The number of benzene rings is 3. The Morgan fingerprint density at radius 3 is 2.44 bits per heavy atom. The molecule has 1 aromatic heterocycles. The summed E-state index contributed by atoms with van der Waals surface area (Å²) in [6, 6.07) is 25.9. The molecule has 4 nitrogen and oxygen atoms in total. The summed E-state index contributed by atoms with van der Waals surface area (Å²) < 4.78 is 0. The van der Waals surface area contributed by atoms with Crippen LogP contribution in [0.4, 0.5) is 5.82 Å². The molecule has 3 aromatic carbocycles. The van der Waals surface area contributed by atoms with Crippen LogP contribution in [0.3, 0.4) is 0 Å². The first kappa shape index (κ1) is 16.0. The molecule has 0 fully saturated rings. The SMILES string of the molecule is O[C@H]1Cc2ccccc2[C@H]1Nc1nc(-c2ccccc2)nc2ccccc12. The lowest BCUT2D eigenvalue weighted by atomic mass is 10.1. The van der Waals surface area contributed by atoms with Gasteiger partial charge < -0.3 is 10.4 Å². The highest BCUT2D eigenvalue weighted by Gasteiger charge is 2.31. The van der Waals surface area contributed by atoms with Crippen LogP contribution in [-0.4, -0.2) is 21.2 Å². The van der Waals surface area contributed by atoms with Gasteiger partial charge in [0, 0.05) is 17.4 Å². The highest BCUT2D eigenvalue weighted by atomic mass is 16.3. The lowest BCUT2D eigenvalue weighted by molar-refractivity contribution is 0.165. The van der Waals surface area contributed by atoms with Crippen LogP contribution in [0.15, 0.2) is 78.9 Å². The van der Waals surface area contributed by atoms with Gasteiger partial charge in [-0.25, -0.2) is 9.97 Å². The lowest BCUT2D eigenvalue weighted by Crippen LogP contribution is -2.22. The van der Waals surface area contributed by atoms with Gasteiger partial charge in [-0.1, -0.05) is 66.7 Å². The Kier molecular flexibility index (Phi) is 3.84. The predicted molar refractivity (Wildman–Crippen MR) is 107 cm³/mol. The summed E-state index contributed by atoms with van der Waals surface area (Å²) in [5, 5.41) is 15.1. The van der Waals surface area contributed by atoms with Crippen molar-refractivity contribution >= 4 is 16.7 Å². The monoisotopic (exact) mass is 353 g/mol. The third kappa shape index (κ3) is 2.84. The van der Waals surface area contributed by atoms with E-state index in [1.807, 2.05) is 66.7 Å². The topological polar surface area (TPSA) is 58.0 Å². The zero-order valence-corrected chi connectivity index (χ0v) is 14.7. The number of nitrogens with one attached hydrogen (secondary N) is 1. The van der Waals surface area contributed by atoms with Crippen LogP contribution >= 0.6 is 0 Å². The van der Waals surface area contributed by atoms with E-state index in [-0.39, 0.29) is 6.04 Å². The summed E-state index contributed by atoms with van der Waals surface area (Å²) in [7, 11) is 0. The molecular formula is C23H19N3O. The van der Waals surface area contributed by atoms with Crippen LogP contribution in [0, 0.1) is 0 Å². The second-order valence-corrected chi connectivity index (χ2v) is 6.87. The highest BCUT2D eigenvalue weighted by molar-refractivity contribution is 5.90. The molecule has 0 saturated carbocycles. The van der Waals surface area contributed by atoms with Crippen molar-refractivity contribution in [2.45, 2.75) is 18.6 Å². The lowest BCUT2D eigenvalue weighted by Gasteiger charge is -2.20. The Labute approximate surface area is 157 Å². The van der Waals surface area contributed by atoms with E-state index in [9.17, 15) is 5.11 Å². The molecule has 4 aromatic rings. The fourth-order valence-corrected chi connectivity index (χ4v) is 3.80. The Hall–Kier alpha value is -3.24. The molecule has 5 rings (SSSR count). The van der Waals surface area contributed by atoms with E-state index in [4.69, 9.17) is 9.97 Å². The van der Waals surface area contributed by atoms with Crippen LogP contribution in [0.25, 0.3) is 22.3 Å². The first-order chi connectivity index (χ1) is 13.3. The maximum atomic E-state index is 10.6. The van der Waals surface area contributed by atoms with Crippen molar-refractivity contribution in [1.29, 1.82) is 0 Å². The summed E-state index contributed by atoms with van der Waals surface area (Å²) in [6.45, 7) is 0. The molecule has 0 bridgehead atoms. The van der Waals surface area contributed by atoms with Gasteiger partial charge in [0.05, 0.1) is 17.7 Å². The average Bonchev–Trinajstić information content (AvgIpc) is 3.04. The molecule has 0 amide bonds. The maximum Gasteiger partial charge on any atom is 0.162 e. The smallest absolute Gasteiger partial charge is 0.162 e. The van der Waals surface area contributed by atoms with E-state index < -0.39 is 6.10 Å². The fraction of sp³-hybridized carbons (Fsp3) is 0.130. The minimum absolute atomic E-state index is 0.178. The number of fused-ring (bicyclic) bond motifs is 2. The molecule has 132 valence electrons. The third-order valence-corrected chi connectivity index (χ3v) is 5.13. The highest BCUT2D eigenvalue weighted by Crippen LogP contribution is 2.35. The minimum Gasteiger partial charge on any atom is -0.390 e. The van der Waals surface area contributed by atoms with Gasteiger partial charge in [-0.05, 0) is 23.3 Å². The first-order valence-corrected chi connectivity index (χ1v) is 9.14. The van der Waals surface area contributed by atoms with E-state index in [0.717, 1.165) is 27.8 Å². The van der Waals surface area contributed by atoms with Gasteiger partial charge in [-0.15, -0.1) is 0 Å². The van der Waals surface area contributed by atoms with Gasteiger partial charge in [-0.2, -0.15) is 0 Å². The Balaban J connectivity index is 1.62. The van der Waals surface area contributed by atoms with E-state index in [2.05, 4.69) is 17.4 Å². The van der Waals surface area contributed by atoms with E-state index >= 15 is 0 Å². The maximum absolute atomic E-state index is 10.6. The molecule has 1 heterocycles. The van der Waals surface area contributed by atoms with Crippen LogP contribution in [-0.2, 0) is 6.42 Å². The number of nitrogens with zero attached hydrogens (tertiary/aromatic N) is 2. The first-order valence-electron chi connectivity index (χ1n) is 9.14. The summed E-state index contributed by atoms with van der Waals surface area (Å²) in [5.74, 6) is 1.43. The molecular weight excluding hydrogens is 334 g/mol. The Morgan fingerprint density at radius 2 is 1.56 bits per heavy atom. The zero-order valence-electron chi connectivity index (χ0n) is 14.7. The molecule has 0 saturated heterocycles. The van der Waals surface area contributed by atoms with Crippen molar-refractivity contribution in [3.63, 3.8) is 0 Å². The number of hydrogen-bond acceptors (Lipinski definition) is 4. The minimum atomic E-state index is -0.476. The van der Waals surface area contributed by atoms with Crippen molar-refractivity contribution in [3.05, 3.63) is 90.0 Å². The number of hydrogen-bond donors (Lipinski definition) is 2. The standard InChI is InChI=1S/C23H19N3O/c27-20-14-16-10-4-5-11-17(16)21(20)25-23-18-12-6-7-13-19(18)24-22(26-23)15-8-2-1-3-9-15/h1-13,20-21,27H,14H2,(H,24,25,26)/t20-,21+/m0/s1. The normalized spacial score (nSPS) is 18.4. The van der Waals surface area contributed by atoms with Gasteiger partial charge in [0.2, 0.25) is 0 Å². The van der Waals surface area contributed by atoms with Gasteiger partial charge in [0.15, 0.2) is 5.82 Å². The largest absolute Gasteiger partial charge is 0.390 e. The molecule has 1 aliphatic carbocycles. The van der Waals surface area contributed by atoms with Gasteiger partial charge >= 0.3 is 0 Å². The van der Waals surface area contributed by atoms with Crippen molar-refractivity contribution in [3.8, 4) is 11.4 Å². The van der Waals surface area contributed by atoms with Gasteiger partial charge in [-0.3, -0.25) is 0 Å². The number of aliphatic hydroxyl groups excluding tert-OH is 1. The number of para-hydroxylation sites is 1. The molecule has 1 aliphatic rings. The molecule has 2 atom stereocenters. The quantitative estimate of drug-likeness (QED) is 0.574. The van der Waals surface area contributed by atoms with Crippen molar-refractivity contribution in [2.75, 3.05) is 5.32 Å². The molecule has 0 radical (unpaired) electrons. The number of rotatable bonds is 3. The van der Waals surface area contributed by atoms with E-state index in [0.29, 0.717) is 12.2 Å². The number of anilines is 1. The zero-order chi connectivity index (χ0) is 18.2. The van der Waals surface area contributed by atoms with Crippen molar-refractivity contribution in [1.82, 2.24) is 9.97 Å². The summed E-state index contributed by atoms with van der Waals surface area (Å²) >= 11 is 0. The van der Waals surface area contributed by atoms with E-state index in [1.54, 1.807) is 0 Å². The summed E-state index contributed by atoms with van der Waals surface area (Å²) in [5.41, 5.74) is 4.17. The molecule has 4 heteroatoms. The van der Waals surface area contributed by atoms with E-state index in [1.165, 1.54) is 5.56 Å². The number of aliphatic hydroxyl groups is 1. The average molecular weight is 353 g/mol. The second kappa shape index (κ2) is 6.49. The van der Waals surface area contributed by atoms with Gasteiger partial charge in [0.1, 0.15) is 5.82 Å². The second-order valence-electron chi connectivity index (χ2n) is 6.87. The van der Waals surface area contributed by atoms with Gasteiger partial charge in [0.25, 0.3) is 0 Å². The third-order valence-electron chi connectivity index (χ3n) is 5.13. The Bertz CT molecular complexity index is 1110. The van der Waals surface area contributed by atoms with Crippen LogP contribution in [0.1, 0.15) is 17.2 Å². The predicted octanol–water partition coefficient (Wildman–Crippen LogP) is 4.37. The number of aromatic nitrogens is 2.